The highest BCUT2D eigenvalue weighted by Gasteiger charge is 2.18. The van der Waals surface area contributed by atoms with Crippen LogP contribution in [0.5, 0.6) is 5.75 Å². The molecule has 3 N–H and O–H groups in total. The summed E-state index contributed by atoms with van der Waals surface area (Å²) in [6, 6.07) is 9.69. The van der Waals surface area contributed by atoms with Crippen molar-refractivity contribution in [2.45, 2.75) is 25.0 Å². The van der Waals surface area contributed by atoms with E-state index in [2.05, 4.69) is 9.71 Å². The number of ether oxygens (including phenoxy) is 1. The highest BCUT2D eigenvalue weighted by molar-refractivity contribution is 7.92. The zero-order chi connectivity index (χ0) is 15.5. The van der Waals surface area contributed by atoms with Crippen LogP contribution >= 0.6 is 0 Å². The Morgan fingerprint density at radius 1 is 1.19 bits per heavy atom. The van der Waals surface area contributed by atoms with E-state index in [-0.39, 0.29) is 16.8 Å². The predicted octanol–water partition coefficient (Wildman–Crippen LogP) is 2.25. The van der Waals surface area contributed by atoms with Crippen LogP contribution in [0.3, 0.4) is 0 Å². The van der Waals surface area contributed by atoms with Gasteiger partial charge < -0.3 is 10.5 Å². The number of anilines is 2. The molecule has 2 aromatic rings. The van der Waals surface area contributed by atoms with Crippen LogP contribution in [-0.4, -0.2) is 19.5 Å². The third-order valence-corrected chi connectivity index (χ3v) is 3.89. The van der Waals surface area contributed by atoms with E-state index in [1.807, 2.05) is 13.8 Å². The number of hydrogen-bond acceptors (Lipinski definition) is 5. The van der Waals surface area contributed by atoms with Crippen molar-refractivity contribution in [2.75, 3.05) is 10.5 Å². The number of nitrogens with one attached hydrogen (secondary N) is 1. The molecule has 0 amide bonds. The van der Waals surface area contributed by atoms with E-state index in [4.69, 9.17) is 10.5 Å². The van der Waals surface area contributed by atoms with Gasteiger partial charge in [0.05, 0.1) is 11.8 Å². The van der Waals surface area contributed by atoms with Crippen LogP contribution in [0.15, 0.2) is 47.6 Å². The Hall–Kier alpha value is -2.28. The first-order valence-electron chi connectivity index (χ1n) is 6.38. The highest BCUT2D eigenvalue weighted by atomic mass is 32.2. The van der Waals surface area contributed by atoms with Crippen molar-refractivity contribution >= 4 is 21.4 Å². The molecule has 0 spiro atoms. The Labute approximate surface area is 124 Å². The summed E-state index contributed by atoms with van der Waals surface area (Å²) >= 11 is 0. The van der Waals surface area contributed by atoms with Gasteiger partial charge in [-0.25, -0.2) is 4.98 Å². The van der Waals surface area contributed by atoms with E-state index < -0.39 is 10.0 Å². The summed E-state index contributed by atoms with van der Waals surface area (Å²) in [4.78, 5) is 3.80. The normalized spacial score (nSPS) is 11.4. The molecule has 1 heterocycles. The SMILES string of the molecule is CC(C)Oc1ccc(NS(=O)(=O)c2ncccc2N)cc1. The molecule has 0 aliphatic rings. The van der Waals surface area contributed by atoms with E-state index in [1.165, 1.54) is 12.3 Å². The van der Waals surface area contributed by atoms with Crippen LogP contribution in [0.25, 0.3) is 0 Å². The Kier molecular flexibility index (Phi) is 4.32. The second kappa shape index (κ2) is 6.01. The van der Waals surface area contributed by atoms with Gasteiger partial charge in [0.1, 0.15) is 5.75 Å². The largest absolute Gasteiger partial charge is 0.491 e. The van der Waals surface area contributed by atoms with Crippen LogP contribution in [0.2, 0.25) is 0 Å². The van der Waals surface area contributed by atoms with Crippen molar-refractivity contribution in [3.05, 3.63) is 42.6 Å². The molecule has 21 heavy (non-hydrogen) atoms. The fourth-order valence-corrected chi connectivity index (χ4v) is 2.83. The first-order valence-corrected chi connectivity index (χ1v) is 7.87. The molecule has 1 aromatic heterocycles. The molecular weight excluding hydrogens is 290 g/mol. The first-order chi connectivity index (χ1) is 9.88. The smallest absolute Gasteiger partial charge is 0.281 e. The fourth-order valence-electron chi connectivity index (χ4n) is 1.70. The van der Waals surface area contributed by atoms with Gasteiger partial charge >= 0.3 is 0 Å². The van der Waals surface area contributed by atoms with Gasteiger partial charge in [-0.15, -0.1) is 0 Å². The summed E-state index contributed by atoms with van der Waals surface area (Å²) in [5.41, 5.74) is 6.15. The minimum absolute atomic E-state index is 0.0564. The number of nitrogens with zero attached hydrogens (tertiary/aromatic N) is 1. The van der Waals surface area contributed by atoms with Gasteiger partial charge in [-0.3, -0.25) is 4.72 Å². The van der Waals surface area contributed by atoms with Crippen LogP contribution in [0.4, 0.5) is 11.4 Å². The maximum atomic E-state index is 12.2. The monoisotopic (exact) mass is 307 g/mol. The standard InChI is InChI=1S/C14H17N3O3S/c1-10(2)20-12-7-5-11(6-8-12)17-21(18,19)14-13(15)4-3-9-16-14/h3-10,17H,15H2,1-2H3. The van der Waals surface area contributed by atoms with Gasteiger partial charge in [0.25, 0.3) is 10.0 Å². The van der Waals surface area contributed by atoms with Crippen molar-refractivity contribution < 1.29 is 13.2 Å². The number of nitrogen functional groups attached to an aromatic ring is 1. The second-order valence-corrected chi connectivity index (χ2v) is 6.29. The molecule has 0 atom stereocenters. The topological polar surface area (TPSA) is 94.3 Å². The molecule has 7 heteroatoms. The molecule has 2 rings (SSSR count). The van der Waals surface area contributed by atoms with Crippen molar-refractivity contribution in [1.82, 2.24) is 4.98 Å². The summed E-state index contributed by atoms with van der Waals surface area (Å²) in [6.07, 6.45) is 1.44. The van der Waals surface area contributed by atoms with E-state index in [9.17, 15) is 8.42 Å². The van der Waals surface area contributed by atoms with Gasteiger partial charge in [0.15, 0.2) is 5.03 Å². The summed E-state index contributed by atoms with van der Waals surface area (Å²) < 4.78 is 32.3. The van der Waals surface area contributed by atoms with Crippen molar-refractivity contribution in [3.63, 3.8) is 0 Å². The van der Waals surface area contributed by atoms with Crippen molar-refractivity contribution in [2.24, 2.45) is 0 Å². The van der Waals surface area contributed by atoms with E-state index in [0.29, 0.717) is 11.4 Å². The van der Waals surface area contributed by atoms with Gasteiger partial charge in [0.2, 0.25) is 0 Å². The lowest BCUT2D eigenvalue weighted by molar-refractivity contribution is 0.242. The zero-order valence-corrected chi connectivity index (χ0v) is 12.6. The molecule has 0 saturated carbocycles. The van der Waals surface area contributed by atoms with Crippen LogP contribution in [-0.2, 0) is 10.0 Å². The van der Waals surface area contributed by atoms with E-state index >= 15 is 0 Å². The highest BCUT2D eigenvalue weighted by Crippen LogP contribution is 2.21. The Bertz CT molecular complexity index is 712. The molecule has 0 bridgehead atoms. The zero-order valence-electron chi connectivity index (χ0n) is 11.8. The summed E-state index contributed by atoms with van der Waals surface area (Å²) in [6.45, 7) is 3.83. The molecule has 0 aliphatic carbocycles. The van der Waals surface area contributed by atoms with Crippen LogP contribution in [0, 0.1) is 0 Å². The molecule has 112 valence electrons. The van der Waals surface area contributed by atoms with Gasteiger partial charge in [-0.05, 0) is 50.2 Å². The molecule has 0 fully saturated rings. The number of benzene rings is 1. The number of sulfonamides is 1. The maximum absolute atomic E-state index is 12.2. The van der Waals surface area contributed by atoms with Gasteiger partial charge in [-0.1, -0.05) is 0 Å². The molecule has 0 aliphatic heterocycles. The molecular formula is C14H17N3O3S. The second-order valence-electron chi connectivity index (χ2n) is 4.69. The number of aromatic nitrogens is 1. The van der Waals surface area contributed by atoms with Crippen LogP contribution < -0.4 is 15.2 Å². The van der Waals surface area contributed by atoms with Crippen LogP contribution in [0.1, 0.15) is 13.8 Å². The molecule has 0 radical (unpaired) electrons. The van der Waals surface area contributed by atoms with Crippen molar-refractivity contribution in [3.8, 4) is 5.75 Å². The Morgan fingerprint density at radius 3 is 2.43 bits per heavy atom. The number of rotatable bonds is 5. The van der Waals surface area contributed by atoms with Gasteiger partial charge in [0, 0.05) is 11.9 Å². The first kappa shape index (κ1) is 15.1. The third kappa shape index (κ3) is 3.85. The maximum Gasteiger partial charge on any atom is 0.281 e. The lowest BCUT2D eigenvalue weighted by Gasteiger charge is -2.11. The van der Waals surface area contributed by atoms with E-state index in [0.717, 1.165) is 0 Å². The predicted molar refractivity (Wildman–Crippen MR) is 81.7 cm³/mol. The molecule has 6 nitrogen and oxygen atoms in total. The molecule has 1 aromatic carbocycles. The fraction of sp³-hybridized carbons (Fsp3) is 0.214. The van der Waals surface area contributed by atoms with Gasteiger partial charge in [-0.2, -0.15) is 8.42 Å². The number of nitrogens with two attached hydrogens (primary N) is 1. The summed E-state index contributed by atoms with van der Waals surface area (Å²) in [7, 11) is -3.81. The average Bonchev–Trinajstić information content (AvgIpc) is 2.40. The third-order valence-electron chi connectivity index (χ3n) is 2.53. The quantitative estimate of drug-likeness (QED) is 0.883. The summed E-state index contributed by atoms with van der Waals surface area (Å²) in [5.74, 6) is 0.672. The minimum Gasteiger partial charge on any atom is -0.491 e. The number of hydrogen-bond donors (Lipinski definition) is 2. The number of pyridine rings is 1. The summed E-state index contributed by atoms with van der Waals surface area (Å²) in [5, 5.41) is -0.187. The van der Waals surface area contributed by atoms with Crippen molar-refractivity contribution in [1.29, 1.82) is 0 Å². The Balaban J connectivity index is 2.19. The van der Waals surface area contributed by atoms with E-state index in [1.54, 1.807) is 30.3 Å². The lowest BCUT2D eigenvalue weighted by Crippen LogP contribution is -2.16. The minimum atomic E-state index is -3.81. The Morgan fingerprint density at radius 2 is 1.86 bits per heavy atom. The molecule has 0 saturated heterocycles. The molecule has 0 unspecified atom stereocenters. The lowest BCUT2D eigenvalue weighted by atomic mass is 10.3. The average molecular weight is 307 g/mol.